The predicted octanol–water partition coefficient (Wildman–Crippen LogP) is 2.54. The average molecular weight is 275 g/mol. The molecule has 3 aromatic rings. The number of methoxy groups -OCH3 is 1. The van der Waals surface area contributed by atoms with Gasteiger partial charge in [0.05, 0.1) is 25.2 Å². The summed E-state index contributed by atoms with van der Waals surface area (Å²) >= 11 is 5.99. The molecule has 0 saturated heterocycles. The summed E-state index contributed by atoms with van der Waals surface area (Å²) in [6.07, 6.45) is 3.12. The first-order chi connectivity index (χ1) is 9.28. The Hall–Kier alpha value is -2.14. The molecule has 1 aromatic carbocycles. The molecule has 2 aromatic heterocycles. The van der Waals surface area contributed by atoms with Crippen molar-refractivity contribution in [3.63, 3.8) is 0 Å². The SMILES string of the molecule is COc1ccc(Cn2ncc3c(Cl)ncnc32)cc1. The highest BCUT2D eigenvalue weighted by atomic mass is 35.5. The minimum Gasteiger partial charge on any atom is -0.497 e. The van der Waals surface area contributed by atoms with Gasteiger partial charge in [-0.25, -0.2) is 14.6 Å². The number of hydrogen-bond acceptors (Lipinski definition) is 4. The van der Waals surface area contributed by atoms with Crippen molar-refractivity contribution in [3.8, 4) is 5.75 Å². The molecule has 0 unspecified atom stereocenters. The van der Waals surface area contributed by atoms with Gasteiger partial charge in [-0.05, 0) is 17.7 Å². The number of ether oxygens (including phenoxy) is 1. The van der Waals surface area contributed by atoms with E-state index >= 15 is 0 Å². The third-order valence-electron chi connectivity index (χ3n) is 2.88. The normalized spacial score (nSPS) is 10.8. The van der Waals surface area contributed by atoms with Crippen molar-refractivity contribution in [2.75, 3.05) is 7.11 Å². The summed E-state index contributed by atoms with van der Waals surface area (Å²) in [6.45, 7) is 0.626. The van der Waals surface area contributed by atoms with Gasteiger partial charge in [0.2, 0.25) is 0 Å². The molecule has 0 fully saturated rings. The molecule has 96 valence electrons. The van der Waals surface area contributed by atoms with Crippen molar-refractivity contribution in [1.82, 2.24) is 19.7 Å². The van der Waals surface area contributed by atoms with Crippen LogP contribution < -0.4 is 4.74 Å². The van der Waals surface area contributed by atoms with E-state index in [0.717, 1.165) is 22.3 Å². The molecule has 0 aliphatic rings. The fourth-order valence-electron chi connectivity index (χ4n) is 1.88. The smallest absolute Gasteiger partial charge is 0.162 e. The predicted molar refractivity (Wildman–Crippen MR) is 72.4 cm³/mol. The average Bonchev–Trinajstić information content (AvgIpc) is 2.84. The van der Waals surface area contributed by atoms with E-state index in [1.165, 1.54) is 6.33 Å². The standard InChI is InChI=1S/C13H11ClN4O/c1-19-10-4-2-9(3-5-10)7-18-13-11(6-17-18)12(14)15-8-16-13/h2-6,8H,7H2,1H3. The number of halogens is 1. The molecule has 3 rings (SSSR count). The Balaban J connectivity index is 1.94. The van der Waals surface area contributed by atoms with E-state index in [1.807, 2.05) is 24.3 Å². The zero-order valence-corrected chi connectivity index (χ0v) is 11.0. The maximum absolute atomic E-state index is 5.99. The summed E-state index contributed by atoms with van der Waals surface area (Å²) in [5.74, 6) is 0.833. The van der Waals surface area contributed by atoms with E-state index in [1.54, 1.807) is 18.0 Å². The number of rotatable bonds is 3. The molecular weight excluding hydrogens is 264 g/mol. The van der Waals surface area contributed by atoms with Gasteiger partial charge in [-0.3, -0.25) is 0 Å². The summed E-state index contributed by atoms with van der Waals surface area (Å²) in [7, 11) is 1.65. The van der Waals surface area contributed by atoms with Crippen LogP contribution >= 0.6 is 11.6 Å². The van der Waals surface area contributed by atoms with Gasteiger partial charge < -0.3 is 4.74 Å². The molecule has 5 nitrogen and oxygen atoms in total. The van der Waals surface area contributed by atoms with Crippen LogP contribution in [0.2, 0.25) is 5.15 Å². The zero-order valence-electron chi connectivity index (χ0n) is 10.2. The summed E-state index contributed by atoms with van der Waals surface area (Å²) in [5, 5.41) is 5.48. The largest absolute Gasteiger partial charge is 0.497 e. The lowest BCUT2D eigenvalue weighted by Gasteiger charge is -2.04. The molecule has 19 heavy (non-hydrogen) atoms. The molecule has 0 aliphatic heterocycles. The first kappa shape index (κ1) is 11.9. The number of nitrogens with zero attached hydrogens (tertiary/aromatic N) is 4. The zero-order chi connectivity index (χ0) is 13.2. The van der Waals surface area contributed by atoms with E-state index in [-0.39, 0.29) is 0 Å². The third kappa shape index (κ3) is 2.24. The van der Waals surface area contributed by atoms with Gasteiger partial charge in [-0.2, -0.15) is 5.10 Å². The Morgan fingerprint density at radius 1 is 1.21 bits per heavy atom. The second-order valence-corrected chi connectivity index (χ2v) is 4.41. The van der Waals surface area contributed by atoms with Crippen LogP contribution in [0.15, 0.2) is 36.8 Å². The van der Waals surface area contributed by atoms with Gasteiger partial charge >= 0.3 is 0 Å². The number of fused-ring (bicyclic) bond motifs is 1. The maximum atomic E-state index is 5.99. The fourth-order valence-corrected chi connectivity index (χ4v) is 2.06. The van der Waals surface area contributed by atoms with Gasteiger partial charge in [0.1, 0.15) is 17.2 Å². The fraction of sp³-hybridized carbons (Fsp3) is 0.154. The molecule has 0 spiro atoms. The molecule has 0 bridgehead atoms. The molecule has 0 N–H and O–H groups in total. The van der Waals surface area contributed by atoms with Gasteiger partial charge in [-0.15, -0.1) is 0 Å². The first-order valence-corrected chi connectivity index (χ1v) is 6.10. The van der Waals surface area contributed by atoms with Crippen molar-refractivity contribution in [2.45, 2.75) is 6.54 Å². The summed E-state index contributed by atoms with van der Waals surface area (Å²) in [4.78, 5) is 8.15. The van der Waals surface area contributed by atoms with Crippen LogP contribution in [-0.2, 0) is 6.54 Å². The van der Waals surface area contributed by atoms with Crippen molar-refractivity contribution >= 4 is 22.6 Å². The van der Waals surface area contributed by atoms with Crippen molar-refractivity contribution in [3.05, 3.63) is 47.5 Å². The van der Waals surface area contributed by atoms with E-state index in [9.17, 15) is 0 Å². The Labute approximate surface area is 114 Å². The molecule has 0 radical (unpaired) electrons. The summed E-state index contributed by atoms with van der Waals surface area (Å²) in [6, 6.07) is 7.83. The van der Waals surface area contributed by atoms with Crippen LogP contribution in [-0.4, -0.2) is 26.9 Å². The van der Waals surface area contributed by atoms with E-state index in [2.05, 4.69) is 15.1 Å². The molecule has 0 aliphatic carbocycles. The highest BCUT2D eigenvalue weighted by molar-refractivity contribution is 6.33. The second kappa shape index (κ2) is 4.85. The van der Waals surface area contributed by atoms with Crippen LogP contribution in [0.4, 0.5) is 0 Å². The van der Waals surface area contributed by atoms with Crippen LogP contribution in [0.5, 0.6) is 5.75 Å². The lowest BCUT2D eigenvalue weighted by Crippen LogP contribution is -2.02. The van der Waals surface area contributed by atoms with Gasteiger partial charge in [-0.1, -0.05) is 23.7 Å². The maximum Gasteiger partial charge on any atom is 0.162 e. The van der Waals surface area contributed by atoms with E-state index in [0.29, 0.717) is 11.7 Å². The molecule has 2 heterocycles. The Bertz CT molecular complexity index is 708. The van der Waals surface area contributed by atoms with Crippen molar-refractivity contribution < 1.29 is 4.74 Å². The number of aromatic nitrogens is 4. The summed E-state index contributed by atoms with van der Waals surface area (Å²) in [5.41, 5.74) is 1.84. The Morgan fingerprint density at radius 3 is 2.74 bits per heavy atom. The second-order valence-electron chi connectivity index (χ2n) is 4.05. The number of hydrogen-bond donors (Lipinski definition) is 0. The molecule has 0 saturated carbocycles. The van der Waals surface area contributed by atoms with Gasteiger partial charge in [0.25, 0.3) is 0 Å². The quantitative estimate of drug-likeness (QED) is 0.689. The molecule has 0 amide bonds. The monoisotopic (exact) mass is 274 g/mol. The minimum absolute atomic E-state index is 0.422. The summed E-state index contributed by atoms with van der Waals surface area (Å²) < 4.78 is 6.93. The van der Waals surface area contributed by atoms with Crippen LogP contribution in [0.1, 0.15) is 5.56 Å². The Kier molecular flexibility index (Phi) is 3.05. The van der Waals surface area contributed by atoms with Crippen molar-refractivity contribution in [2.24, 2.45) is 0 Å². The molecule has 0 atom stereocenters. The minimum atomic E-state index is 0.422. The lowest BCUT2D eigenvalue weighted by atomic mass is 10.2. The van der Waals surface area contributed by atoms with Crippen LogP contribution in [0, 0.1) is 0 Å². The third-order valence-corrected chi connectivity index (χ3v) is 3.18. The first-order valence-electron chi connectivity index (χ1n) is 5.73. The van der Waals surface area contributed by atoms with Crippen LogP contribution in [0.25, 0.3) is 11.0 Å². The van der Waals surface area contributed by atoms with Gasteiger partial charge in [0, 0.05) is 0 Å². The van der Waals surface area contributed by atoms with E-state index in [4.69, 9.17) is 16.3 Å². The molecule has 6 heteroatoms. The lowest BCUT2D eigenvalue weighted by molar-refractivity contribution is 0.414. The van der Waals surface area contributed by atoms with E-state index < -0.39 is 0 Å². The van der Waals surface area contributed by atoms with Gasteiger partial charge in [0.15, 0.2) is 5.65 Å². The number of benzene rings is 1. The Morgan fingerprint density at radius 2 is 2.00 bits per heavy atom. The highest BCUT2D eigenvalue weighted by Gasteiger charge is 2.08. The topological polar surface area (TPSA) is 52.8 Å². The van der Waals surface area contributed by atoms with Crippen molar-refractivity contribution in [1.29, 1.82) is 0 Å². The van der Waals surface area contributed by atoms with Crippen LogP contribution in [0.3, 0.4) is 0 Å². The molecular formula is C13H11ClN4O. The highest BCUT2D eigenvalue weighted by Crippen LogP contribution is 2.19.